The highest BCUT2D eigenvalue weighted by Crippen LogP contribution is 2.32. The van der Waals surface area contributed by atoms with Crippen LogP contribution in [-0.4, -0.2) is 45.2 Å². The van der Waals surface area contributed by atoms with Gasteiger partial charge in [0, 0.05) is 5.56 Å². The fraction of sp³-hybridized carbons (Fsp3) is 0.333. The molecule has 1 fully saturated rings. The number of phenolic OH excluding ortho intramolecular Hbond substituents is 1. The average molecular weight is 408 g/mol. The van der Waals surface area contributed by atoms with Crippen LogP contribution >= 0.6 is 0 Å². The predicted octanol–water partition coefficient (Wildman–Crippen LogP) is 0.766. The topological polar surface area (TPSA) is 56.8 Å². The van der Waals surface area contributed by atoms with Gasteiger partial charge in [-0.3, -0.25) is 0 Å². The number of ether oxygens (including phenoxy) is 3. The highest BCUT2D eigenvalue weighted by Gasteiger charge is 2.25. The molecule has 2 aliphatic rings. The molecule has 0 saturated carbocycles. The molecule has 3 N–H and O–H groups in total. The molecule has 30 heavy (non-hydrogen) atoms. The number of hydrogen-bond donors (Lipinski definition) is 3. The van der Waals surface area contributed by atoms with E-state index in [9.17, 15) is 5.11 Å². The molecule has 3 aromatic carbocycles. The Balaban J connectivity index is 1.25. The quantitative estimate of drug-likeness (QED) is 0.584. The zero-order valence-corrected chi connectivity index (χ0v) is 17.2. The Kier molecular flexibility index (Phi) is 5.11. The Bertz CT molecular complexity index is 1060. The molecule has 0 spiro atoms. The van der Waals surface area contributed by atoms with Crippen LogP contribution in [0.3, 0.4) is 0 Å². The summed E-state index contributed by atoms with van der Waals surface area (Å²) in [6.07, 6.45) is 0. The lowest BCUT2D eigenvalue weighted by Crippen LogP contribution is -3.27. The summed E-state index contributed by atoms with van der Waals surface area (Å²) in [6.45, 7) is 6.53. The number of aromatic hydroxyl groups is 1. The van der Waals surface area contributed by atoms with Crippen LogP contribution in [0.2, 0.25) is 0 Å². The second-order valence-electron chi connectivity index (χ2n) is 8.19. The summed E-state index contributed by atoms with van der Waals surface area (Å²) in [7, 11) is 1.68. The van der Waals surface area contributed by atoms with Crippen molar-refractivity contribution in [3.8, 4) is 23.0 Å². The van der Waals surface area contributed by atoms with E-state index in [-0.39, 0.29) is 0 Å². The molecule has 156 valence electrons. The molecular formula is C24H28N2O4+2. The lowest BCUT2D eigenvalue weighted by molar-refractivity contribution is -1.02. The Hall–Kier alpha value is -2.96. The van der Waals surface area contributed by atoms with E-state index in [0.717, 1.165) is 72.9 Å². The van der Waals surface area contributed by atoms with Crippen molar-refractivity contribution in [1.29, 1.82) is 0 Å². The molecule has 1 saturated heterocycles. The van der Waals surface area contributed by atoms with Crippen LogP contribution in [0.4, 0.5) is 0 Å². The highest BCUT2D eigenvalue weighted by molar-refractivity contribution is 5.88. The van der Waals surface area contributed by atoms with Gasteiger partial charge in [0.2, 0.25) is 6.79 Å². The lowest BCUT2D eigenvalue weighted by Gasteiger charge is -2.30. The van der Waals surface area contributed by atoms with Gasteiger partial charge in [-0.05, 0) is 47.2 Å². The minimum Gasteiger partial charge on any atom is -0.507 e. The van der Waals surface area contributed by atoms with E-state index < -0.39 is 0 Å². The molecule has 6 nitrogen and oxygen atoms in total. The first-order valence-corrected chi connectivity index (χ1v) is 10.5. The Morgan fingerprint density at radius 1 is 0.867 bits per heavy atom. The first-order valence-electron chi connectivity index (χ1n) is 10.5. The molecule has 0 bridgehead atoms. The number of nitrogens with one attached hydrogen (secondary N) is 2. The second kappa shape index (κ2) is 8.05. The Morgan fingerprint density at radius 2 is 1.60 bits per heavy atom. The lowest BCUT2D eigenvalue weighted by atomic mass is 10.0. The van der Waals surface area contributed by atoms with E-state index >= 15 is 0 Å². The summed E-state index contributed by atoms with van der Waals surface area (Å²) in [6, 6.07) is 16.1. The van der Waals surface area contributed by atoms with E-state index in [1.54, 1.807) is 12.0 Å². The molecule has 0 aromatic heterocycles. The van der Waals surface area contributed by atoms with Gasteiger partial charge < -0.3 is 29.1 Å². The highest BCUT2D eigenvalue weighted by atomic mass is 16.7. The van der Waals surface area contributed by atoms with Crippen LogP contribution in [0, 0.1) is 0 Å². The third kappa shape index (κ3) is 3.76. The van der Waals surface area contributed by atoms with Crippen molar-refractivity contribution in [1.82, 2.24) is 0 Å². The van der Waals surface area contributed by atoms with Crippen molar-refractivity contribution in [2.24, 2.45) is 0 Å². The second-order valence-corrected chi connectivity index (χ2v) is 8.19. The zero-order chi connectivity index (χ0) is 20.5. The number of rotatable bonds is 5. The predicted molar refractivity (Wildman–Crippen MR) is 114 cm³/mol. The minimum absolute atomic E-state index is 0.320. The number of phenols is 1. The van der Waals surface area contributed by atoms with Crippen molar-refractivity contribution < 1.29 is 29.1 Å². The maximum absolute atomic E-state index is 10.5. The van der Waals surface area contributed by atoms with Gasteiger partial charge in [0.15, 0.2) is 11.5 Å². The van der Waals surface area contributed by atoms with Gasteiger partial charge in [0.25, 0.3) is 0 Å². The third-order valence-corrected chi connectivity index (χ3v) is 6.30. The van der Waals surface area contributed by atoms with Crippen LogP contribution < -0.4 is 24.0 Å². The summed E-state index contributed by atoms with van der Waals surface area (Å²) in [5, 5.41) is 12.8. The molecule has 5 rings (SSSR count). The van der Waals surface area contributed by atoms with Gasteiger partial charge >= 0.3 is 0 Å². The van der Waals surface area contributed by atoms with Crippen LogP contribution in [0.1, 0.15) is 11.1 Å². The monoisotopic (exact) mass is 408 g/mol. The van der Waals surface area contributed by atoms with Crippen molar-refractivity contribution in [3.05, 3.63) is 59.7 Å². The summed E-state index contributed by atoms with van der Waals surface area (Å²) in [5.41, 5.74) is 2.30. The van der Waals surface area contributed by atoms with Crippen LogP contribution in [-0.2, 0) is 13.1 Å². The molecule has 6 heteroatoms. The number of fused-ring (bicyclic) bond motifs is 2. The third-order valence-electron chi connectivity index (χ3n) is 6.30. The number of piperazine rings is 1. The van der Waals surface area contributed by atoms with Crippen LogP contribution in [0.25, 0.3) is 10.8 Å². The maximum atomic E-state index is 10.5. The largest absolute Gasteiger partial charge is 0.507 e. The van der Waals surface area contributed by atoms with Gasteiger partial charge in [-0.25, -0.2) is 0 Å². The summed E-state index contributed by atoms with van der Waals surface area (Å²) < 4.78 is 16.3. The van der Waals surface area contributed by atoms with Crippen molar-refractivity contribution in [3.63, 3.8) is 0 Å². The fourth-order valence-electron chi connectivity index (χ4n) is 4.56. The minimum atomic E-state index is 0.320. The molecule has 0 atom stereocenters. The number of hydrogen-bond acceptors (Lipinski definition) is 4. The van der Waals surface area contributed by atoms with Gasteiger partial charge in [-0.1, -0.05) is 12.1 Å². The first-order chi connectivity index (χ1) is 14.7. The summed E-state index contributed by atoms with van der Waals surface area (Å²) in [4.78, 5) is 3.09. The molecule has 0 radical (unpaired) electrons. The molecule has 2 aliphatic heterocycles. The Labute approximate surface area is 176 Å². The molecule has 0 unspecified atom stereocenters. The SMILES string of the molecule is COc1ccc2ccc(O)c(C[NH+]3CC[NH+](Cc4ccc5c(c4)OCO5)CC3)c2c1. The van der Waals surface area contributed by atoms with Gasteiger partial charge in [-0.2, -0.15) is 0 Å². The van der Waals surface area contributed by atoms with E-state index in [1.165, 1.54) is 10.5 Å². The normalized spacial score (nSPS) is 20.4. The summed E-state index contributed by atoms with van der Waals surface area (Å²) >= 11 is 0. The van der Waals surface area contributed by atoms with Gasteiger partial charge in [-0.15, -0.1) is 0 Å². The standard InChI is InChI=1S/C24H26N2O4/c1-28-19-5-3-18-4-6-22(27)21(20(18)13-19)15-26-10-8-25(9-11-26)14-17-2-7-23-24(12-17)30-16-29-23/h2-7,12-13,27H,8-11,14-16H2,1H3/p+2. The average Bonchev–Trinajstić information content (AvgIpc) is 3.24. The van der Waals surface area contributed by atoms with Gasteiger partial charge in [0.1, 0.15) is 50.8 Å². The molecule has 0 amide bonds. The fourth-order valence-corrected chi connectivity index (χ4v) is 4.56. The van der Waals surface area contributed by atoms with Crippen molar-refractivity contribution in [2.75, 3.05) is 40.1 Å². The zero-order valence-electron chi connectivity index (χ0n) is 17.2. The molecular weight excluding hydrogens is 380 g/mol. The van der Waals surface area contributed by atoms with E-state index in [1.807, 2.05) is 30.3 Å². The van der Waals surface area contributed by atoms with Crippen LogP contribution in [0.5, 0.6) is 23.0 Å². The van der Waals surface area contributed by atoms with Crippen LogP contribution in [0.15, 0.2) is 48.5 Å². The molecule has 2 heterocycles. The first kappa shape index (κ1) is 19.0. The van der Waals surface area contributed by atoms with E-state index in [2.05, 4.69) is 18.2 Å². The van der Waals surface area contributed by atoms with Crippen molar-refractivity contribution >= 4 is 10.8 Å². The number of quaternary nitrogens is 2. The number of benzene rings is 3. The van der Waals surface area contributed by atoms with E-state index in [0.29, 0.717) is 12.5 Å². The molecule has 0 aliphatic carbocycles. The molecule has 3 aromatic rings. The summed E-state index contributed by atoms with van der Waals surface area (Å²) in [5.74, 6) is 2.90. The smallest absolute Gasteiger partial charge is 0.231 e. The van der Waals surface area contributed by atoms with E-state index in [4.69, 9.17) is 14.2 Å². The number of methoxy groups -OCH3 is 1. The van der Waals surface area contributed by atoms with Gasteiger partial charge in [0.05, 0.1) is 12.7 Å². The maximum Gasteiger partial charge on any atom is 0.231 e. The van der Waals surface area contributed by atoms with Crippen molar-refractivity contribution in [2.45, 2.75) is 13.1 Å². The Morgan fingerprint density at radius 3 is 2.40 bits per heavy atom.